The lowest BCUT2D eigenvalue weighted by Crippen LogP contribution is -2.11. The normalized spacial score (nSPS) is 11.7. The van der Waals surface area contributed by atoms with Crippen molar-refractivity contribution in [3.63, 3.8) is 0 Å². The minimum Gasteiger partial charge on any atom is -0.310 e. The van der Waals surface area contributed by atoms with Gasteiger partial charge in [0.2, 0.25) is 0 Å². The van der Waals surface area contributed by atoms with Crippen molar-refractivity contribution in [2.75, 3.05) is 4.90 Å². The van der Waals surface area contributed by atoms with Crippen molar-refractivity contribution in [1.29, 1.82) is 0 Å². The molecule has 280 valence electrons. The van der Waals surface area contributed by atoms with Gasteiger partial charge < -0.3 is 9.47 Å². The van der Waals surface area contributed by atoms with Crippen LogP contribution in [-0.4, -0.2) is 4.57 Å². The molecule has 0 N–H and O–H groups in total. The Morgan fingerprint density at radius 3 is 1.53 bits per heavy atom. The van der Waals surface area contributed by atoms with Gasteiger partial charge in [-0.2, -0.15) is 0 Å². The largest absolute Gasteiger partial charge is 0.310 e. The van der Waals surface area contributed by atoms with Crippen LogP contribution in [-0.2, 0) is 0 Å². The van der Waals surface area contributed by atoms with Gasteiger partial charge in [0, 0.05) is 33.2 Å². The molecule has 0 unspecified atom stereocenters. The second kappa shape index (κ2) is 13.9. The van der Waals surface area contributed by atoms with Crippen molar-refractivity contribution < 1.29 is 0 Å². The third-order valence-corrected chi connectivity index (χ3v) is 12.3. The van der Waals surface area contributed by atoms with Crippen molar-refractivity contribution in [2.24, 2.45) is 0 Å². The van der Waals surface area contributed by atoms with Gasteiger partial charge in [0.25, 0.3) is 0 Å². The molecule has 2 heteroatoms. The zero-order valence-electron chi connectivity index (χ0n) is 32.8. The number of para-hydroxylation sites is 3. The van der Waals surface area contributed by atoms with E-state index in [1.165, 1.54) is 87.1 Å². The van der Waals surface area contributed by atoms with Gasteiger partial charge in [-0.25, -0.2) is 0 Å². The van der Waals surface area contributed by atoms with Gasteiger partial charge in [0.1, 0.15) is 0 Å². The van der Waals surface area contributed by atoms with Crippen LogP contribution in [0.5, 0.6) is 0 Å². The Balaban J connectivity index is 1.21. The molecule has 0 aliphatic rings. The molecule has 2 nitrogen and oxygen atoms in total. The van der Waals surface area contributed by atoms with Crippen LogP contribution in [0.3, 0.4) is 0 Å². The lowest BCUT2D eigenvalue weighted by molar-refractivity contribution is 1.18. The Hall–Kier alpha value is -7.94. The summed E-state index contributed by atoms with van der Waals surface area (Å²) in [6.45, 7) is 0. The number of fused-ring (bicyclic) bond motifs is 7. The molecule has 12 aromatic rings. The highest BCUT2D eigenvalue weighted by Gasteiger charge is 2.24. The quantitative estimate of drug-likeness (QED) is 0.153. The summed E-state index contributed by atoms with van der Waals surface area (Å²) in [7, 11) is 0. The molecule has 0 atom stereocenters. The van der Waals surface area contributed by atoms with Gasteiger partial charge in [0.15, 0.2) is 0 Å². The molecular formula is C58H38N2. The van der Waals surface area contributed by atoms with Crippen molar-refractivity contribution in [3.8, 4) is 27.9 Å². The predicted octanol–water partition coefficient (Wildman–Crippen LogP) is 16.2. The number of benzene rings is 11. The van der Waals surface area contributed by atoms with Crippen LogP contribution in [0.2, 0.25) is 0 Å². The van der Waals surface area contributed by atoms with E-state index in [1.54, 1.807) is 0 Å². The SMILES string of the molecule is c1ccc(N(c2ccc3c(c2)c2ccccc2n3-c2ccccc2)c2cccc3c(-c4ccc5ccccc5c4)c4ccccc4c(-c4ccc5ccccc5c4)c23)cc1. The van der Waals surface area contributed by atoms with Gasteiger partial charge >= 0.3 is 0 Å². The Bertz CT molecular complexity index is 3600. The van der Waals surface area contributed by atoms with Gasteiger partial charge in [0.05, 0.1) is 16.7 Å². The molecule has 0 saturated heterocycles. The van der Waals surface area contributed by atoms with Crippen LogP contribution >= 0.6 is 0 Å². The minimum absolute atomic E-state index is 1.10. The molecule has 0 spiro atoms. The molecule has 0 bridgehead atoms. The average molecular weight is 763 g/mol. The summed E-state index contributed by atoms with van der Waals surface area (Å²) in [6, 6.07) is 84.5. The maximum atomic E-state index is 2.47. The van der Waals surface area contributed by atoms with E-state index >= 15 is 0 Å². The molecule has 0 fully saturated rings. The molecule has 0 radical (unpaired) electrons. The molecule has 1 heterocycles. The maximum Gasteiger partial charge on any atom is 0.0546 e. The summed E-state index contributed by atoms with van der Waals surface area (Å²) >= 11 is 0. The zero-order valence-corrected chi connectivity index (χ0v) is 32.8. The van der Waals surface area contributed by atoms with Gasteiger partial charge in [-0.1, -0.05) is 164 Å². The first-order valence-electron chi connectivity index (χ1n) is 20.7. The molecule has 0 amide bonds. The molecular weight excluding hydrogens is 725 g/mol. The van der Waals surface area contributed by atoms with Crippen LogP contribution < -0.4 is 4.90 Å². The highest BCUT2D eigenvalue weighted by Crippen LogP contribution is 2.50. The number of anilines is 3. The predicted molar refractivity (Wildman–Crippen MR) is 256 cm³/mol. The molecule has 0 saturated carbocycles. The zero-order chi connectivity index (χ0) is 39.6. The fourth-order valence-electron chi connectivity index (χ4n) is 9.66. The Kier molecular flexibility index (Phi) is 7.89. The van der Waals surface area contributed by atoms with Crippen molar-refractivity contribution >= 4 is 82.0 Å². The third kappa shape index (κ3) is 5.42. The average Bonchev–Trinajstić information content (AvgIpc) is 3.65. The summed E-state index contributed by atoms with van der Waals surface area (Å²) in [6.07, 6.45) is 0. The fraction of sp³-hybridized carbons (Fsp3) is 0. The molecule has 11 aromatic carbocycles. The van der Waals surface area contributed by atoms with E-state index in [0.29, 0.717) is 0 Å². The first kappa shape index (κ1) is 34.1. The number of hydrogen-bond donors (Lipinski definition) is 0. The molecule has 12 rings (SSSR count). The van der Waals surface area contributed by atoms with Crippen LogP contribution in [0.1, 0.15) is 0 Å². The minimum atomic E-state index is 1.10. The lowest BCUT2D eigenvalue weighted by Gasteiger charge is -2.29. The van der Waals surface area contributed by atoms with Gasteiger partial charge in [-0.3, -0.25) is 0 Å². The van der Waals surface area contributed by atoms with Crippen LogP contribution in [0.15, 0.2) is 231 Å². The summed E-state index contributed by atoms with van der Waals surface area (Å²) in [5, 5.41) is 12.3. The first-order valence-corrected chi connectivity index (χ1v) is 20.7. The van der Waals surface area contributed by atoms with Crippen LogP contribution in [0.4, 0.5) is 17.1 Å². The highest BCUT2D eigenvalue weighted by atomic mass is 15.1. The number of rotatable bonds is 6. The lowest BCUT2D eigenvalue weighted by atomic mass is 9.84. The summed E-state index contributed by atoms with van der Waals surface area (Å²) in [5.41, 5.74) is 11.7. The summed E-state index contributed by atoms with van der Waals surface area (Å²) < 4.78 is 2.39. The van der Waals surface area contributed by atoms with Crippen molar-refractivity contribution in [2.45, 2.75) is 0 Å². The molecule has 60 heavy (non-hydrogen) atoms. The second-order valence-corrected chi connectivity index (χ2v) is 15.7. The van der Waals surface area contributed by atoms with Gasteiger partial charge in [-0.15, -0.1) is 0 Å². The van der Waals surface area contributed by atoms with Crippen molar-refractivity contribution in [3.05, 3.63) is 231 Å². The first-order chi connectivity index (χ1) is 29.8. The number of hydrogen-bond acceptors (Lipinski definition) is 1. The number of aromatic nitrogens is 1. The molecule has 1 aromatic heterocycles. The fourth-order valence-corrected chi connectivity index (χ4v) is 9.66. The van der Waals surface area contributed by atoms with E-state index < -0.39 is 0 Å². The monoisotopic (exact) mass is 762 g/mol. The highest BCUT2D eigenvalue weighted by molar-refractivity contribution is 6.26. The van der Waals surface area contributed by atoms with E-state index in [4.69, 9.17) is 0 Å². The smallest absolute Gasteiger partial charge is 0.0546 e. The maximum absolute atomic E-state index is 2.47. The molecule has 0 aliphatic heterocycles. The standard InChI is InChI=1S/C58H38N2/c1-3-20-45(21-4-1)59(47-34-35-54-52(38-47)48-24-13-14-28-53(48)60(54)46-22-5-2-6-23-46)55-29-15-27-51-56(43-32-30-39-16-7-9-18-41(39)36-43)49-25-11-12-26-50(49)57(58(51)55)44-33-31-40-17-8-10-19-42(40)37-44/h1-38H. The van der Waals surface area contributed by atoms with Crippen LogP contribution in [0.25, 0.3) is 92.8 Å². The third-order valence-electron chi connectivity index (χ3n) is 12.3. The number of nitrogens with zero attached hydrogens (tertiary/aromatic N) is 2. The molecule has 0 aliphatic carbocycles. The van der Waals surface area contributed by atoms with E-state index in [1.807, 2.05) is 0 Å². The topological polar surface area (TPSA) is 8.17 Å². The van der Waals surface area contributed by atoms with E-state index in [9.17, 15) is 0 Å². The van der Waals surface area contributed by atoms with E-state index in [0.717, 1.165) is 22.7 Å². The van der Waals surface area contributed by atoms with E-state index in [2.05, 4.69) is 240 Å². The second-order valence-electron chi connectivity index (χ2n) is 15.7. The Morgan fingerprint density at radius 2 is 0.833 bits per heavy atom. The Morgan fingerprint density at radius 1 is 0.300 bits per heavy atom. The van der Waals surface area contributed by atoms with Crippen LogP contribution in [0, 0.1) is 0 Å². The van der Waals surface area contributed by atoms with Gasteiger partial charge in [-0.05, 0) is 127 Å². The van der Waals surface area contributed by atoms with E-state index in [-0.39, 0.29) is 0 Å². The summed E-state index contributed by atoms with van der Waals surface area (Å²) in [5.74, 6) is 0. The summed E-state index contributed by atoms with van der Waals surface area (Å²) in [4.78, 5) is 2.47. The van der Waals surface area contributed by atoms with Crippen molar-refractivity contribution in [1.82, 2.24) is 4.57 Å². The Labute approximate surface area is 348 Å².